The Morgan fingerprint density at radius 2 is 2.14 bits per heavy atom. The Balaban J connectivity index is 0.00000161. The third-order valence-corrected chi connectivity index (χ3v) is 4.65. The minimum Gasteiger partial charge on any atom is -0.335 e. The van der Waals surface area contributed by atoms with Crippen LogP contribution in [0.25, 0.3) is 0 Å². The largest absolute Gasteiger partial charge is 0.335 e. The molecule has 0 saturated carbocycles. The second kappa shape index (κ2) is 7.48. The Labute approximate surface area is 137 Å². The van der Waals surface area contributed by atoms with Crippen LogP contribution in [0.15, 0.2) is 24.3 Å². The molecule has 1 aromatic rings. The summed E-state index contributed by atoms with van der Waals surface area (Å²) in [4.78, 5) is 14.8. The molecule has 2 aliphatic rings. The molecule has 2 heterocycles. The summed E-state index contributed by atoms with van der Waals surface area (Å²) in [5.74, 6) is 0.475. The van der Waals surface area contributed by atoms with Gasteiger partial charge in [0, 0.05) is 18.1 Å². The third kappa shape index (κ3) is 3.71. The molecule has 0 aliphatic carbocycles. The number of halogens is 2. The lowest BCUT2D eigenvalue weighted by molar-refractivity contribution is -0.137. The minimum atomic E-state index is 0. The first kappa shape index (κ1) is 16.6. The summed E-state index contributed by atoms with van der Waals surface area (Å²) in [7, 11) is 0. The van der Waals surface area contributed by atoms with Crippen LogP contribution < -0.4 is 5.32 Å². The molecule has 2 atom stereocenters. The fraction of sp³-hybridized carbons (Fsp3) is 0.562. The zero-order valence-corrected chi connectivity index (χ0v) is 13.6. The van der Waals surface area contributed by atoms with Crippen molar-refractivity contribution in [3.63, 3.8) is 0 Å². The zero-order chi connectivity index (χ0) is 13.9. The van der Waals surface area contributed by atoms with E-state index in [1.165, 1.54) is 5.56 Å². The molecule has 3 rings (SSSR count). The van der Waals surface area contributed by atoms with E-state index in [0.29, 0.717) is 5.91 Å². The van der Waals surface area contributed by atoms with Crippen LogP contribution in [0.3, 0.4) is 0 Å². The lowest BCUT2D eigenvalue weighted by Crippen LogP contribution is -2.42. The van der Waals surface area contributed by atoms with Gasteiger partial charge in [-0.2, -0.15) is 0 Å². The highest BCUT2D eigenvalue weighted by Gasteiger charge is 2.34. The van der Waals surface area contributed by atoms with E-state index in [2.05, 4.69) is 16.3 Å². The molecule has 3 nitrogen and oxygen atoms in total. The maximum atomic E-state index is 12.7. The van der Waals surface area contributed by atoms with E-state index in [0.717, 1.165) is 50.3 Å². The minimum absolute atomic E-state index is 0. The van der Waals surface area contributed by atoms with Gasteiger partial charge < -0.3 is 10.2 Å². The molecule has 116 valence electrons. The van der Waals surface area contributed by atoms with Crippen molar-refractivity contribution in [3.8, 4) is 0 Å². The van der Waals surface area contributed by atoms with Gasteiger partial charge in [-0.05, 0) is 49.9 Å². The number of nitrogens with zero attached hydrogens (tertiary/aromatic N) is 1. The van der Waals surface area contributed by atoms with Crippen LogP contribution in [0.4, 0.5) is 0 Å². The fourth-order valence-electron chi connectivity index (χ4n) is 3.39. The molecule has 0 radical (unpaired) electrons. The molecule has 1 unspecified atom stereocenters. The predicted octanol–water partition coefficient (Wildman–Crippen LogP) is 3.42. The first-order valence-electron chi connectivity index (χ1n) is 7.52. The van der Waals surface area contributed by atoms with E-state index in [9.17, 15) is 4.79 Å². The Bertz CT molecular complexity index is 489. The summed E-state index contributed by atoms with van der Waals surface area (Å²) < 4.78 is 0. The van der Waals surface area contributed by atoms with E-state index < -0.39 is 0 Å². The smallest absolute Gasteiger partial charge is 0.227 e. The number of likely N-dealkylation sites (tertiary alicyclic amines) is 1. The van der Waals surface area contributed by atoms with Crippen molar-refractivity contribution < 1.29 is 4.79 Å². The molecule has 0 bridgehead atoms. The molecule has 2 saturated heterocycles. The number of hydrogen-bond acceptors (Lipinski definition) is 2. The molecule has 2 aliphatic heterocycles. The van der Waals surface area contributed by atoms with Crippen molar-refractivity contribution in [2.24, 2.45) is 5.92 Å². The van der Waals surface area contributed by atoms with E-state index >= 15 is 0 Å². The highest BCUT2D eigenvalue weighted by Crippen LogP contribution is 2.34. The number of amides is 1. The van der Waals surface area contributed by atoms with Gasteiger partial charge >= 0.3 is 0 Å². The molecular formula is C16H22Cl2N2O. The summed E-state index contributed by atoms with van der Waals surface area (Å²) in [6, 6.07) is 8.15. The topological polar surface area (TPSA) is 32.3 Å². The maximum absolute atomic E-state index is 12.7. The van der Waals surface area contributed by atoms with Crippen molar-refractivity contribution >= 4 is 29.9 Å². The van der Waals surface area contributed by atoms with Gasteiger partial charge in [0.1, 0.15) is 0 Å². The van der Waals surface area contributed by atoms with Gasteiger partial charge in [0.25, 0.3) is 0 Å². The van der Waals surface area contributed by atoms with Crippen molar-refractivity contribution in [2.75, 3.05) is 19.6 Å². The molecule has 0 spiro atoms. The SMILES string of the molecule is Cl.O=C([C@@H]1CCCNC1)N1CCCC1c1cccc(Cl)c1. The highest BCUT2D eigenvalue weighted by atomic mass is 35.5. The summed E-state index contributed by atoms with van der Waals surface area (Å²) in [6.07, 6.45) is 4.26. The first-order chi connectivity index (χ1) is 9.75. The normalized spacial score (nSPS) is 25.5. The average molecular weight is 329 g/mol. The Hall–Kier alpha value is -0.770. The van der Waals surface area contributed by atoms with Crippen molar-refractivity contribution in [1.29, 1.82) is 0 Å². The fourth-order valence-corrected chi connectivity index (χ4v) is 3.59. The average Bonchev–Trinajstić information content (AvgIpc) is 2.97. The van der Waals surface area contributed by atoms with Gasteiger partial charge in [-0.15, -0.1) is 12.4 Å². The number of nitrogens with one attached hydrogen (secondary N) is 1. The number of rotatable bonds is 2. The highest BCUT2D eigenvalue weighted by molar-refractivity contribution is 6.30. The van der Waals surface area contributed by atoms with E-state index in [4.69, 9.17) is 11.6 Å². The molecule has 0 aromatic heterocycles. The van der Waals surface area contributed by atoms with Crippen LogP contribution in [0.5, 0.6) is 0 Å². The quantitative estimate of drug-likeness (QED) is 0.902. The van der Waals surface area contributed by atoms with Crippen LogP contribution >= 0.6 is 24.0 Å². The van der Waals surface area contributed by atoms with Gasteiger partial charge in [-0.3, -0.25) is 4.79 Å². The van der Waals surface area contributed by atoms with Gasteiger partial charge in [0.2, 0.25) is 5.91 Å². The predicted molar refractivity (Wildman–Crippen MR) is 88.0 cm³/mol. The van der Waals surface area contributed by atoms with Gasteiger partial charge in [-0.25, -0.2) is 0 Å². The zero-order valence-electron chi connectivity index (χ0n) is 12.1. The number of carbonyl (C=O) groups excluding carboxylic acids is 1. The monoisotopic (exact) mass is 328 g/mol. The van der Waals surface area contributed by atoms with E-state index in [1.54, 1.807) is 0 Å². The Morgan fingerprint density at radius 1 is 1.29 bits per heavy atom. The Morgan fingerprint density at radius 3 is 2.86 bits per heavy atom. The molecular weight excluding hydrogens is 307 g/mol. The second-order valence-electron chi connectivity index (χ2n) is 5.79. The maximum Gasteiger partial charge on any atom is 0.227 e. The van der Waals surface area contributed by atoms with Gasteiger partial charge in [-0.1, -0.05) is 23.7 Å². The summed E-state index contributed by atoms with van der Waals surface area (Å²) in [6.45, 7) is 2.76. The number of piperidine rings is 1. The van der Waals surface area contributed by atoms with E-state index in [-0.39, 0.29) is 24.4 Å². The molecule has 1 amide bonds. The van der Waals surface area contributed by atoms with Crippen molar-refractivity contribution in [1.82, 2.24) is 10.2 Å². The first-order valence-corrected chi connectivity index (χ1v) is 7.90. The summed E-state index contributed by atoms with van der Waals surface area (Å²) in [5, 5.41) is 4.09. The van der Waals surface area contributed by atoms with Crippen LogP contribution in [-0.4, -0.2) is 30.4 Å². The van der Waals surface area contributed by atoms with Crippen molar-refractivity contribution in [3.05, 3.63) is 34.9 Å². The number of benzene rings is 1. The standard InChI is InChI=1S/C16H21ClN2O.ClH/c17-14-6-1-4-12(10-14)15-7-3-9-19(15)16(20)13-5-2-8-18-11-13;/h1,4,6,10,13,15,18H,2-3,5,7-9,11H2;1H/t13-,15?;/m1./s1. The van der Waals surface area contributed by atoms with E-state index in [1.807, 2.05) is 18.2 Å². The summed E-state index contributed by atoms with van der Waals surface area (Å²) in [5.41, 5.74) is 1.17. The van der Waals surface area contributed by atoms with Crippen LogP contribution in [-0.2, 0) is 4.79 Å². The second-order valence-corrected chi connectivity index (χ2v) is 6.22. The molecule has 2 fully saturated rings. The van der Waals surface area contributed by atoms with Gasteiger partial charge in [0.15, 0.2) is 0 Å². The third-order valence-electron chi connectivity index (χ3n) is 4.42. The van der Waals surface area contributed by atoms with Crippen molar-refractivity contribution in [2.45, 2.75) is 31.7 Å². The van der Waals surface area contributed by atoms with Crippen LogP contribution in [0, 0.1) is 5.92 Å². The molecule has 1 N–H and O–H groups in total. The molecule has 1 aromatic carbocycles. The lowest BCUT2D eigenvalue weighted by Gasteiger charge is -2.31. The molecule has 21 heavy (non-hydrogen) atoms. The summed E-state index contributed by atoms with van der Waals surface area (Å²) >= 11 is 6.09. The lowest BCUT2D eigenvalue weighted by atomic mass is 9.96. The number of hydrogen-bond donors (Lipinski definition) is 1. The molecule has 5 heteroatoms. The van der Waals surface area contributed by atoms with Crippen LogP contribution in [0.2, 0.25) is 5.02 Å². The Kier molecular flexibility index (Phi) is 5.91. The number of carbonyl (C=O) groups is 1. The van der Waals surface area contributed by atoms with Gasteiger partial charge in [0.05, 0.1) is 12.0 Å². The van der Waals surface area contributed by atoms with Crippen LogP contribution in [0.1, 0.15) is 37.3 Å².